The molecule has 21 heavy (non-hydrogen) atoms. The van der Waals surface area contributed by atoms with E-state index in [0.29, 0.717) is 5.69 Å². The van der Waals surface area contributed by atoms with Gasteiger partial charge in [0.2, 0.25) is 11.8 Å². The van der Waals surface area contributed by atoms with E-state index < -0.39 is 0 Å². The summed E-state index contributed by atoms with van der Waals surface area (Å²) in [5.74, 6) is -0.285. The van der Waals surface area contributed by atoms with Crippen LogP contribution in [0.1, 0.15) is 6.42 Å². The minimum Gasteiger partial charge on any atom is -0.274 e. The number of amides is 2. The number of nitrogens with zero attached hydrogens (tertiary/aromatic N) is 1. The largest absolute Gasteiger partial charge is 0.274 e. The molecule has 2 aromatic carbocycles. The Morgan fingerprint density at radius 1 is 1.00 bits per heavy atom. The molecule has 1 fully saturated rings. The quantitative estimate of drug-likeness (QED) is 0.778. The van der Waals surface area contributed by atoms with Gasteiger partial charge in [0.15, 0.2) is 0 Å². The summed E-state index contributed by atoms with van der Waals surface area (Å²) in [6.45, 7) is 0. The van der Waals surface area contributed by atoms with Crippen LogP contribution in [0.5, 0.6) is 0 Å². The highest BCUT2D eigenvalue weighted by Crippen LogP contribution is 2.34. The number of thioether (sulfide) groups is 1. The van der Waals surface area contributed by atoms with E-state index in [1.54, 1.807) is 12.1 Å². The van der Waals surface area contributed by atoms with E-state index in [9.17, 15) is 9.59 Å². The van der Waals surface area contributed by atoms with Crippen molar-refractivity contribution in [2.45, 2.75) is 16.6 Å². The molecular weight excluding hydrogens is 350 g/mol. The second-order valence-corrected chi connectivity index (χ2v) is 6.86. The van der Waals surface area contributed by atoms with Gasteiger partial charge in [-0.05, 0) is 36.4 Å². The number of rotatable bonds is 3. The summed E-state index contributed by atoms with van der Waals surface area (Å²) in [6, 6.07) is 16.9. The summed E-state index contributed by atoms with van der Waals surface area (Å²) >= 11 is 4.79. The lowest BCUT2D eigenvalue weighted by atomic mass is 10.3. The molecule has 0 N–H and O–H groups in total. The van der Waals surface area contributed by atoms with Gasteiger partial charge >= 0.3 is 0 Å². The van der Waals surface area contributed by atoms with Crippen molar-refractivity contribution >= 4 is 45.2 Å². The van der Waals surface area contributed by atoms with Gasteiger partial charge in [-0.1, -0.05) is 34.1 Å². The van der Waals surface area contributed by atoms with Gasteiger partial charge < -0.3 is 0 Å². The first-order valence-electron chi connectivity index (χ1n) is 6.49. The zero-order valence-electron chi connectivity index (χ0n) is 11.0. The second kappa shape index (κ2) is 6.03. The van der Waals surface area contributed by atoms with Crippen molar-refractivity contribution in [1.29, 1.82) is 0 Å². The zero-order chi connectivity index (χ0) is 14.8. The molecule has 1 unspecified atom stereocenters. The van der Waals surface area contributed by atoms with E-state index in [0.717, 1.165) is 9.37 Å². The van der Waals surface area contributed by atoms with Crippen LogP contribution in [-0.2, 0) is 9.59 Å². The number of anilines is 1. The molecule has 5 heteroatoms. The average Bonchev–Trinajstić information content (AvgIpc) is 2.76. The average molecular weight is 362 g/mol. The van der Waals surface area contributed by atoms with Crippen molar-refractivity contribution in [1.82, 2.24) is 0 Å². The first-order valence-corrected chi connectivity index (χ1v) is 8.16. The molecule has 1 aliphatic heterocycles. The van der Waals surface area contributed by atoms with Crippen molar-refractivity contribution in [2.75, 3.05) is 4.90 Å². The first-order chi connectivity index (χ1) is 10.1. The Bertz CT molecular complexity index is 672. The fourth-order valence-electron chi connectivity index (χ4n) is 2.22. The van der Waals surface area contributed by atoms with Crippen LogP contribution < -0.4 is 4.90 Å². The fraction of sp³-hybridized carbons (Fsp3) is 0.125. The van der Waals surface area contributed by atoms with Crippen LogP contribution >= 0.6 is 27.7 Å². The first kappa shape index (κ1) is 14.4. The van der Waals surface area contributed by atoms with Crippen molar-refractivity contribution < 1.29 is 9.59 Å². The molecule has 1 heterocycles. The monoisotopic (exact) mass is 361 g/mol. The van der Waals surface area contributed by atoms with Crippen LogP contribution in [0.15, 0.2) is 64.0 Å². The maximum absolute atomic E-state index is 12.5. The molecule has 0 aromatic heterocycles. The summed E-state index contributed by atoms with van der Waals surface area (Å²) in [4.78, 5) is 26.9. The Hall–Kier alpha value is -1.59. The lowest BCUT2D eigenvalue weighted by Gasteiger charge is -2.15. The van der Waals surface area contributed by atoms with Crippen molar-refractivity contribution in [2.24, 2.45) is 0 Å². The number of carbonyl (C=O) groups is 2. The highest BCUT2D eigenvalue weighted by atomic mass is 79.9. The van der Waals surface area contributed by atoms with E-state index in [1.807, 2.05) is 42.5 Å². The summed E-state index contributed by atoms with van der Waals surface area (Å²) in [7, 11) is 0. The SMILES string of the molecule is O=C1CC(Sc2ccccc2)C(=O)N1c1ccc(Br)cc1. The third-order valence-corrected chi connectivity index (χ3v) is 4.94. The smallest absolute Gasteiger partial charge is 0.247 e. The normalized spacial score (nSPS) is 18.3. The van der Waals surface area contributed by atoms with Crippen LogP contribution in [-0.4, -0.2) is 17.1 Å². The fourth-order valence-corrected chi connectivity index (χ4v) is 3.56. The van der Waals surface area contributed by atoms with Gasteiger partial charge in [-0.15, -0.1) is 11.8 Å². The second-order valence-electron chi connectivity index (χ2n) is 4.67. The van der Waals surface area contributed by atoms with Gasteiger partial charge in [-0.25, -0.2) is 4.90 Å². The minimum atomic E-state index is -0.344. The Morgan fingerprint density at radius 3 is 2.33 bits per heavy atom. The Labute approximate surface area is 135 Å². The van der Waals surface area contributed by atoms with Gasteiger partial charge in [0.1, 0.15) is 0 Å². The Balaban J connectivity index is 1.80. The predicted molar refractivity (Wildman–Crippen MR) is 87.3 cm³/mol. The van der Waals surface area contributed by atoms with Crippen molar-refractivity contribution in [3.8, 4) is 0 Å². The maximum atomic E-state index is 12.5. The van der Waals surface area contributed by atoms with E-state index in [4.69, 9.17) is 0 Å². The van der Waals surface area contributed by atoms with Crippen LogP contribution in [0, 0.1) is 0 Å². The zero-order valence-corrected chi connectivity index (χ0v) is 13.4. The molecule has 3 nitrogen and oxygen atoms in total. The molecule has 106 valence electrons. The van der Waals surface area contributed by atoms with Crippen molar-refractivity contribution in [3.63, 3.8) is 0 Å². The van der Waals surface area contributed by atoms with Gasteiger partial charge in [-0.2, -0.15) is 0 Å². The van der Waals surface area contributed by atoms with Crippen LogP contribution in [0.3, 0.4) is 0 Å². The molecule has 1 saturated heterocycles. The number of carbonyl (C=O) groups excluding carboxylic acids is 2. The Kier molecular flexibility index (Phi) is 4.12. The van der Waals surface area contributed by atoms with Gasteiger partial charge in [0.25, 0.3) is 0 Å². The predicted octanol–water partition coefficient (Wildman–Crippen LogP) is 3.87. The molecule has 0 spiro atoms. The number of halogens is 1. The number of hydrogen-bond acceptors (Lipinski definition) is 3. The number of hydrogen-bond donors (Lipinski definition) is 0. The molecule has 2 aromatic rings. The molecule has 1 aliphatic rings. The number of imide groups is 1. The Morgan fingerprint density at radius 2 is 1.67 bits per heavy atom. The highest BCUT2D eigenvalue weighted by Gasteiger charge is 2.40. The standard InChI is InChI=1S/C16H12BrNO2S/c17-11-6-8-12(9-7-11)18-15(19)10-14(16(18)20)21-13-4-2-1-3-5-13/h1-9,14H,10H2. The summed E-state index contributed by atoms with van der Waals surface area (Å²) in [6.07, 6.45) is 0.245. The maximum Gasteiger partial charge on any atom is 0.247 e. The van der Waals surface area contributed by atoms with Crippen LogP contribution in [0.2, 0.25) is 0 Å². The lowest BCUT2D eigenvalue weighted by Crippen LogP contribution is -2.31. The molecule has 0 saturated carbocycles. The summed E-state index contributed by atoms with van der Waals surface area (Å²) in [5, 5.41) is -0.344. The van der Waals surface area contributed by atoms with Crippen LogP contribution in [0.4, 0.5) is 5.69 Å². The highest BCUT2D eigenvalue weighted by molar-refractivity contribution is 9.10. The van der Waals surface area contributed by atoms with Crippen molar-refractivity contribution in [3.05, 3.63) is 59.1 Å². The molecule has 2 amide bonds. The molecule has 0 radical (unpaired) electrons. The molecule has 3 rings (SSSR count). The molecule has 0 aliphatic carbocycles. The molecular formula is C16H12BrNO2S. The van der Waals surface area contributed by atoms with Gasteiger partial charge in [0.05, 0.1) is 10.9 Å². The van der Waals surface area contributed by atoms with E-state index in [-0.39, 0.29) is 23.5 Å². The third kappa shape index (κ3) is 3.04. The lowest BCUT2D eigenvalue weighted by molar-refractivity contribution is -0.121. The third-order valence-electron chi connectivity index (χ3n) is 3.21. The topological polar surface area (TPSA) is 37.4 Å². The minimum absolute atomic E-state index is 0.142. The van der Waals surface area contributed by atoms with Crippen LogP contribution in [0.25, 0.3) is 0 Å². The molecule has 0 bridgehead atoms. The summed E-state index contributed by atoms with van der Waals surface area (Å²) < 4.78 is 0.917. The van der Waals surface area contributed by atoms with Gasteiger partial charge in [0, 0.05) is 15.8 Å². The summed E-state index contributed by atoms with van der Waals surface area (Å²) in [5.41, 5.74) is 0.629. The van der Waals surface area contributed by atoms with Gasteiger partial charge in [-0.3, -0.25) is 9.59 Å². The molecule has 1 atom stereocenters. The van der Waals surface area contributed by atoms with E-state index in [1.165, 1.54) is 16.7 Å². The van der Waals surface area contributed by atoms with E-state index >= 15 is 0 Å². The van der Waals surface area contributed by atoms with E-state index in [2.05, 4.69) is 15.9 Å². The number of benzene rings is 2.